The fourth-order valence-corrected chi connectivity index (χ4v) is 6.09. The van der Waals surface area contributed by atoms with E-state index < -0.39 is 65.2 Å². The van der Waals surface area contributed by atoms with Gasteiger partial charge in [0.25, 0.3) is 0 Å². The lowest BCUT2D eigenvalue weighted by Gasteiger charge is -2.27. The topological polar surface area (TPSA) is 263 Å². The summed E-state index contributed by atoms with van der Waals surface area (Å²) < 4.78 is 65.2. The van der Waals surface area contributed by atoms with Crippen molar-refractivity contribution in [1.82, 2.24) is 14.8 Å². The van der Waals surface area contributed by atoms with Gasteiger partial charge < -0.3 is 35.2 Å². The van der Waals surface area contributed by atoms with Gasteiger partial charge in [0.15, 0.2) is 6.23 Å². The van der Waals surface area contributed by atoms with E-state index in [0.29, 0.717) is 4.68 Å². The van der Waals surface area contributed by atoms with Crippen molar-refractivity contribution in [2.24, 2.45) is 0 Å². The summed E-state index contributed by atoms with van der Waals surface area (Å²) in [5.41, 5.74) is 4.17. The molecular formula is C10H17ClFN4O13P3. The summed E-state index contributed by atoms with van der Waals surface area (Å²) in [5.74, 6) is -0.289. The van der Waals surface area contributed by atoms with Gasteiger partial charge >= 0.3 is 29.2 Å². The quantitative estimate of drug-likeness (QED) is 0.162. The highest BCUT2D eigenvalue weighted by Crippen LogP contribution is 2.66. The van der Waals surface area contributed by atoms with Gasteiger partial charge in [-0.15, -0.1) is 11.6 Å². The maximum absolute atomic E-state index is 13.7. The molecule has 0 aliphatic carbocycles. The molecule has 1 aromatic heterocycles. The van der Waals surface area contributed by atoms with Gasteiger partial charge in [-0.05, 0) is 6.92 Å². The summed E-state index contributed by atoms with van der Waals surface area (Å²) in [6.07, 6.45) is -6.46. The molecule has 184 valence electrons. The predicted octanol–water partition coefficient (Wildman–Crippen LogP) is -0.842. The average molecular weight is 549 g/mol. The summed E-state index contributed by atoms with van der Waals surface area (Å²) >= 11 is 6.09. The van der Waals surface area contributed by atoms with E-state index in [4.69, 9.17) is 31.9 Å². The number of alkyl halides is 2. The lowest BCUT2D eigenvalue weighted by Crippen LogP contribution is -2.47. The van der Waals surface area contributed by atoms with Gasteiger partial charge in [-0.1, -0.05) is 0 Å². The van der Waals surface area contributed by atoms with Gasteiger partial charge in [-0.25, -0.2) is 22.9 Å². The van der Waals surface area contributed by atoms with Gasteiger partial charge in [0.1, 0.15) is 29.6 Å². The van der Waals surface area contributed by atoms with Gasteiger partial charge in [0, 0.05) is 0 Å². The number of hydrogen-bond acceptors (Lipinski definition) is 12. The molecule has 1 aliphatic heterocycles. The Morgan fingerprint density at radius 3 is 2.41 bits per heavy atom. The second-order valence-electron chi connectivity index (χ2n) is 6.27. The van der Waals surface area contributed by atoms with Crippen LogP contribution in [0.3, 0.4) is 0 Å². The van der Waals surface area contributed by atoms with Gasteiger partial charge in [0.05, 0.1) is 12.3 Å². The third-order valence-electron chi connectivity index (χ3n) is 3.84. The summed E-state index contributed by atoms with van der Waals surface area (Å²) in [5, 5.41) is 14.0. The third kappa shape index (κ3) is 6.39. The number of nitrogens with two attached hydrogens (primary N) is 1. The van der Waals surface area contributed by atoms with Crippen molar-refractivity contribution in [3.63, 3.8) is 0 Å². The number of hydrogen-bond donors (Lipinski definition) is 6. The van der Waals surface area contributed by atoms with Gasteiger partial charge in [0.2, 0.25) is 0 Å². The van der Waals surface area contributed by atoms with E-state index in [1.54, 1.807) is 0 Å². The molecule has 3 unspecified atom stereocenters. The van der Waals surface area contributed by atoms with Crippen LogP contribution in [0.1, 0.15) is 13.2 Å². The molecule has 7 N–H and O–H groups in total. The molecule has 1 fully saturated rings. The minimum Gasteiger partial charge on any atom is -0.388 e. The van der Waals surface area contributed by atoms with Crippen LogP contribution in [0.15, 0.2) is 11.0 Å². The summed E-state index contributed by atoms with van der Waals surface area (Å²) in [4.78, 5) is 48.8. The Morgan fingerprint density at radius 2 is 1.91 bits per heavy atom. The molecule has 32 heavy (non-hydrogen) atoms. The van der Waals surface area contributed by atoms with Crippen LogP contribution in [0.5, 0.6) is 0 Å². The normalized spacial score (nSPS) is 31.1. The Morgan fingerprint density at radius 1 is 1.31 bits per heavy atom. The number of phosphoric ester groups is 1. The van der Waals surface area contributed by atoms with Crippen LogP contribution in [0.2, 0.25) is 0 Å². The minimum absolute atomic E-state index is 0.289. The van der Waals surface area contributed by atoms with Crippen molar-refractivity contribution in [3.8, 4) is 0 Å². The van der Waals surface area contributed by atoms with Crippen molar-refractivity contribution < 1.29 is 60.6 Å². The second kappa shape index (κ2) is 9.43. The van der Waals surface area contributed by atoms with E-state index in [9.17, 15) is 37.8 Å². The Bertz CT molecular complexity index is 1060. The number of anilines is 1. The molecule has 0 spiro atoms. The van der Waals surface area contributed by atoms with Crippen LogP contribution < -0.4 is 11.4 Å². The van der Waals surface area contributed by atoms with E-state index >= 15 is 0 Å². The zero-order valence-corrected chi connectivity index (χ0v) is 19.1. The number of ether oxygens (including phenoxy) is 1. The summed E-state index contributed by atoms with van der Waals surface area (Å²) in [6.45, 7) is -0.543. The zero-order chi connectivity index (χ0) is 24.7. The maximum atomic E-state index is 13.7. The molecule has 1 saturated heterocycles. The first-order valence-electron chi connectivity index (χ1n) is 8.03. The fourth-order valence-electron chi connectivity index (χ4n) is 2.62. The van der Waals surface area contributed by atoms with Crippen molar-refractivity contribution in [2.75, 3.05) is 12.4 Å². The lowest BCUT2D eigenvalue weighted by molar-refractivity contribution is -0.0792. The lowest BCUT2D eigenvalue weighted by atomic mass is 9.98. The van der Waals surface area contributed by atoms with E-state index in [-0.39, 0.29) is 5.82 Å². The first kappa shape index (κ1) is 27.4. The van der Waals surface area contributed by atoms with Crippen molar-refractivity contribution in [2.45, 2.75) is 36.3 Å². The third-order valence-corrected chi connectivity index (χ3v) is 8.28. The van der Waals surface area contributed by atoms with Crippen LogP contribution in [0.4, 0.5) is 10.2 Å². The largest absolute Gasteiger partial charge is 0.490 e. The molecule has 0 aromatic carbocycles. The standard InChI is InChI=1S/C10H17ClFN4O13P3/c1-4(27-31(22,23)29-32(24,25)28-30(19,20)21)6-7(17)10(11,3-12)8(26-6)16-9(18)15-5(13)2-14-16/h2,4,6-8,17H,3H2,1H3,(H,22,23)(H,24,25)(H2,13,15,18)(H2,19,20,21)/t4-,6-,7+,8-,10?/m1/s1. The van der Waals surface area contributed by atoms with E-state index in [1.807, 2.05) is 0 Å². The van der Waals surface area contributed by atoms with Crippen molar-refractivity contribution in [1.29, 1.82) is 0 Å². The average Bonchev–Trinajstić information content (AvgIpc) is 2.84. The van der Waals surface area contributed by atoms with E-state index in [1.165, 1.54) is 0 Å². The molecule has 1 aliphatic rings. The summed E-state index contributed by atoms with van der Waals surface area (Å²) in [7, 11) is -17.0. The molecule has 2 heterocycles. The van der Waals surface area contributed by atoms with Crippen LogP contribution in [0.25, 0.3) is 0 Å². The smallest absolute Gasteiger partial charge is 0.388 e. The Kier molecular flexibility index (Phi) is 8.07. The molecule has 0 amide bonds. The second-order valence-corrected chi connectivity index (χ2v) is 11.3. The fraction of sp³-hybridized carbons (Fsp3) is 0.700. The van der Waals surface area contributed by atoms with Crippen LogP contribution >= 0.6 is 35.1 Å². The molecule has 17 nitrogen and oxygen atoms in total. The van der Waals surface area contributed by atoms with Gasteiger partial charge in [-0.3, -0.25) is 4.52 Å². The molecule has 2 rings (SSSR count). The summed E-state index contributed by atoms with van der Waals surface area (Å²) in [6, 6.07) is 0. The van der Waals surface area contributed by atoms with E-state index in [0.717, 1.165) is 13.1 Å². The molecule has 1 aromatic rings. The highest BCUT2D eigenvalue weighted by molar-refractivity contribution is 7.66. The Hall–Kier alpha value is -0.840. The van der Waals surface area contributed by atoms with Crippen LogP contribution in [0, 0.1) is 0 Å². The maximum Gasteiger partial charge on any atom is 0.490 e. The van der Waals surface area contributed by atoms with Crippen molar-refractivity contribution >= 4 is 40.9 Å². The number of nitrogen functional groups attached to an aromatic ring is 1. The molecule has 0 saturated carbocycles. The molecule has 0 radical (unpaired) electrons. The highest BCUT2D eigenvalue weighted by Gasteiger charge is 2.59. The number of aliphatic hydroxyl groups is 1. The van der Waals surface area contributed by atoms with E-state index in [2.05, 4.69) is 23.2 Å². The number of rotatable bonds is 9. The SMILES string of the molecule is C[C@@H](OP(=O)(O)OP(=O)(O)OP(=O)(O)O)[C@H]1O[C@@H](n2ncc(N)nc2=O)C(Cl)(CF)[C@H]1O. The number of nitrogens with zero attached hydrogens (tertiary/aromatic N) is 3. The number of aliphatic hydroxyl groups excluding tert-OH is 1. The molecule has 7 atom stereocenters. The number of halogens is 2. The Balaban J connectivity index is 2.25. The number of aromatic nitrogens is 3. The zero-order valence-electron chi connectivity index (χ0n) is 15.6. The van der Waals surface area contributed by atoms with Crippen LogP contribution in [-0.2, 0) is 31.6 Å². The number of phosphoric acid groups is 3. The molecular weight excluding hydrogens is 531 g/mol. The first-order chi connectivity index (χ1) is 14.4. The highest BCUT2D eigenvalue weighted by atomic mass is 35.5. The monoisotopic (exact) mass is 548 g/mol. The molecule has 0 bridgehead atoms. The predicted molar refractivity (Wildman–Crippen MR) is 99.6 cm³/mol. The Labute approximate surface area is 182 Å². The van der Waals surface area contributed by atoms with Crippen LogP contribution in [-0.4, -0.2) is 69.3 Å². The first-order valence-corrected chi connectivity index (χ1v) is 12.9. The van der Waals surface area contributed by atoms with Gasteiger partial charge in [-0.2, -0.15) is 23.4 Å². The minimum atomic E-state index is -5.81. The molecule has 22 heteroatoms. The van der Waals surface area contributed by atoms with Crippen molar-refractivity contribution in [3.05, 3.63) is 16.7 Å².